The van der Waals surface area contributed by atoms with E-state index in [1.54, 1.807) is 11.3 Å². The highest BCUT2D eigenvalue weighted by molar-refractivity contribution is 9.10. The van der Waals surface area contributed by atoms with Gasteiger partial charge in [0.15, 0.2) is 0 Å². The van der Waals surface area contributed by atoms with Crippen molar-refractivity contribution in [3.05, 3.63) is 44.0 Å². The van der Waals surface area contributed by atoms with Gasteiger partial charge in [-0.25, -0.2) is 0 Å². The van der Waals surface area contributed by atoms with Crippen LogP contribution in [0, 0.1) is 0 Å². The number of nitrogens with two attached hydrogens (primary N) is 1. The lowest BCUT2D eigenvalue weighted by atomic mass is 10.2. The second kappa shape index (κ2) is 5.76. The van der Waals surface area contributed by atoms with E-state index in [4.69, 9.17) is 17.3 Å². The summed E-state index contributed by atoms with van der Waals surface area (Å²) < 4.78 is 1.83. The van der Waals surface area contributed by atoms with Crippen LogP contribution in [-0.4, -0.2) is 6.54 Å². The molecular formula is C12H12BrClN2S. The summed E-state index contributed by atoms with van der Waals surface area (Å²) in [6.07, 6.45) is 0.966. The Hall–Kier alpha value is -0.710. The number of halogens is 2. The second-order valence-corrected chi connectivity index (χ2v) is 6.28. The van der Waals surface area contributed by atoms with E-state index in [-0.39, 0.29) is 0 Å². The van der Waals surface area contributed by atoms with E-state index in [1.165, 1.54) is 4.88 Å². The Kier molecular flexibility index (Phi) is 4.31. The lowest BCUT2D eigenvalue weighted by molar-refractivity contribution is 1.04. The zero-order chi connectivity index (χ0) is 12.3. The first-order valence-electron chi connectivity index (χ1n) is 5.18. The van der Waals surface area contributed by atoms with E-state index < -0.39 is 0 Å². The molecule has 0 amide bonds. The maximum Gasteiger partial charge on any atom is 0.0931 e. The molecule has 5 heteroatoms. The predicted octanol–water partition coefficient (Wildman–Crippen LogP) is 4.40. The molecule has 2 nitrogen and oxygen atoms in total. The number of benzene rings is 1. The van der Waals surface area contributed by atoms with E-state index in [1.807, 2.05) is 24.3 Å². The Morgan fingerprint density at radius 3 is 2.76 bits per heavy atom. The van der Waals surface area contributed by atoms with Gasteiger partial charge in [-0.3, -0.25) is 0 Å². The van der Waals surface area contributed by atoms with Crippen molar-refractivity contribution in [1.29, 1.82) is 0 Å². The number of nitrogens with one attached hydrogen (secondary N) is 1. The standard InChI is InChI=1S/C12H12BrClN2S/c13-10-7-8(15)1-3-11(10)16-6-5-9-2-4-12(14)17-9/h1-4,7,16H,5-6,15H2. The van der Waals surface area contributed by atoms with Crippen molar-refractivity contribution in [2.24, 2.45) is 0 Å². The molecule has 0 spiro atoms. The van der Waals surface area contributed by atoms with E-state index in [9.17, 15) is 0 Å². The number of hydrogen-bond acceptors (Lipinski definition) is 3. The van der Waals surface area contributed by atoms with Crippen LogP contribution in [0.5, 0.6) is 0 Å². The fraction of sp³-hybridized carbons (Fsp3) is 0.167. The summed E-state index contributed by atoms with van der Waals surface area (Å²) in [4.78, 5) is 1.29. The highest BCUT2D eigenvalue weighted by Gasteiger charge is 2.01. The fourth-order valence-corrected chi connectivity index (χ4v) is 3.10. The summed E-state index contributed by atoms with van der Waals surface area (Å²) in [7, 11) is 0. The topological polar surface area (TPSA) is 38.0 Å². The number of nitrogen functional groups attached to an aromatic ring is 1. The van der Waals surface area contributed by atoms with E-state index in [0.717, 1.165) is 33.1 Å². The third-order valence-corrected chi connectivity index (χ3v) is 4.26. The molecule has 17 heavy (non-hydrogen) atoms. The molecule has 0 fully saturated rings. The molecule has 0 atom stereocenters. The normalized spacial score (nSPS) is 10.5. The average Bonchev–Trinajstić information content (AvgIpc) is 2.68. The molecule has 1 heterocycles. The molecule has 0 radical (unpaired) electrons. The molecule has 0 aliphatic heterocycles. The molecule has 0 unspecified atom stereocenters. The van der Waals surface area contributed by atoms with Crippen LogP contribution in [0.25, 0.3) is 0 Å². The molecular weight excluding hydrogens is 320 g/mol. The minimum atomic E-state index is 0.757. The monoisotopic (exact) mass is 330 g/mol. The van der Waals surface area contributed by atoms with Crippen LogP contribution in [0.1, 0.15) is 4.88 Å². The number of thiophene rings is 1. The van der Waals surface area contributed by atoms with Crippen molar-refractivity contribution in [2.75, 3.05) is 17.6 Å². The number of anilines is 2. The van der Waals surface area contributed by atoms with Crippen molar-refractivity contribution >= 4 is 50.2 Å². The van der Waals surface area contributed by atoms with Crippen molar-refractivity contribution in [1.82, 2.24) is 0 Å². The van der Waals surface area contributed by atoms with Gasteiger partial charge in [-0.05, 0) is 52.7 Å². The van der Waals surface area contributed by atoms with Gasteiger partial charge < -0.3 is 11.1 Å². The van der Waals surface area contributed by atoms with Gasteiger partial charge in [0.2, 0.25) is 0 Å². The summed E-state index contributed by atoms with van der Waals surface area (Å²) in [5.41, 5.74) is 7.49. The quantitative estimate of drug-likeness (QED) is 0.815. The molecule has 0 aliphatic rings. The van der Waals surface area contributed by atoms with Gasteiger partial charge in [0.25, 0.3) is 0 Å². The van der Waals surface area contributed by atoms with Crippen LogP contribution in [-0.2, 0) is 6.42 Å². The highest BCUT2D eigenvalue weighted by Crippen LogP contribution is 2.25. The summed E-state index contributed by atoms with van der Waals surface area (Å²) in [6, 6.07) is 9.74. The lowest BCUT2D eigenvalue weighted by Gasteiger charge is -2.08. The fourth-order valence-electron chi connectivity index (χ4n) is 1.48. The van der Waals surface area contributed by atoms with Gasteiger partial charge in [-0.2, -0.15) is 0 Å². The van der Waals surface area contributed by atoms with E-state index >= 15 is 0 Å². The molecule has 2 rings (SSSR count). The second-order valence-electron chi connectivity index (χ2n) is 3.62. The number of hydrogen-bond donors (Lipinski definition) is 2. The van der Waals surface area contributed by atoms with Crippen molar-refractivity contribution in [3.8, 4) is 0 Å². The molecule has 90 valence electrons. The Labute approximate surface area is 118 Å². The van der Waals surface area contributed by atoms with Crippen molar-refractivity contribution in [3.63, 3.8) is 0 Å². The Morgan fingerprint density at radius 1 is 1.29 bits per heavy atom. The highest BCUT2D eigenvalue weighted by atomic mass is 79.9. The maximum atomic E-state index is 5.88. The summed E-state index contributed by atoms with van der Waals surface area (Å²) in [6.45, 7) is 0.874. The molecule has 2 aromatic rings. The first kappa shape index (κ1) is 12.7. The van der Waals surface area contributed by atoms with Crippen LogP contribution in [0.4, 0.5) is 11.4 Å². The van der Waals surface area contributed by atoms with Gasteiger partial charge in [0, 0.05) is 27.3 Å². The third kappa shape index (κ3) is 3.63. The zero-order valence-electron chi connectivity index (χ0n) is 9.04. The van der Waals surface area contributed by atoms with Crippen LogP contribution >= 0.6 is 38.9 Å². The van der Waals surface area contributed by atoms with Gasteiger partial charge >= 0.3 is 0 Å². The minimum absolute atomic E-state index is 0.757. The van der Waals surface area contributed by atoms with Gasteiger partial charge in [0.05, 0.1) is 4.34 Å². The van der Waals surface area contributed by atoms with Crippen molar-refractivity contribution < 1.29 is 0 Å². The predicted molar refractivity (Wildman–Crippen MR) is 80.1 cm³/mol. The molecule has 3 N–H and O–H groups in total. The molecule has 0 saturated heterocycles. The van der Waals surface area contributed by atoms with Crippen LogP contribution in [0.2, 0.25) is 4.34 Å². The Morgan fingerprint density at radius 2 is 2.12 bits per heavy atom. The van der Waals surface area contributed by atoms with Crippen LogP contribution in [0.15, 0.2) is 34.8 Å². The zero-order valence-corrected chi connectivity index (χ0v) is 12.2. The van der Waals surface area contributed by atoms with Crippen LogP contribution in [0.3, 0.4) is 0 Å². The van der Waals surface area contributed by atoms with Gasteiger partial charge in [-0.15, -0.1) is 11.3 Å². The largest absolute Gasteiger partial charge is 0.399 e. The molecule has 1 aromatic carbocycles. The molecule has 0 aliphatic carbocycles. The smallest absolute Gasteiger partial charge is 0.0931 e. The van der Waals surface area contributed by atoms with Crippen molar-refractivity contribution in [2.45, 2.75) is 6.42 Å². The Balaban J connectivity index is 1.90. The lowest BCUT2D eigenvalue weighted by Crippen LogP contribution is -2.04. The Bertz CT molecular complexity index is 513. The first-order valence-corrected chi connectivity index (χ1v) is 7.17. The summed E-state index contributed by atoms with van der Waals surface area (Å²) in [5, 5.41) is 3.36. The number of rotatable bonds is 4. The summed E-state index contributed by atoms with van der Waals surface area (Å²) >= 11 is 11.0. The SMILES string of the molecule is Nc1ccc(NCCc2ccc(Cl)s2)c(Br)c1. The first-order chi connectivity index (χ1) is 8.15. The van der Waals surface area contributed by atoms with E-state index in [0.29, 0.717) is 0 Å². The molecule has 0 bridgehead atoms. The maximum absolute atomic E-state index is 5.88. The minimum Gasteiger partial charge on any atom is -0.399 e. The van der Waals surface area contributed by atoms with Gasteiger partial charge in [0.1, 0.15) is 0 Å². The molecule has 0 saturated carbocycles. The van der Waals surface area contributed by atoms with E-state index in [2.05, 4.69) is 27.3 Å². The van der Waals surface area contributed by atoms with Gasteiger partial charge in [-0.1, -0.05) is 11.6 Å². The van der Waals surface area contributed by atoms with Crippen LogP contribution < -0.4 is 11.1 Å². The summed E-state index contributed by atoms with van der Waals surface area (Å²) in [5.74, 6) is 0. The third-order valence-electron chi connectivity index (χ3n) is 2.31. The molecule has 1 aromatic heterocycles. The average molecular weight is 332 g/mol.